The van der Waals surface area contributed by atoms with E-state index in [1.54, 1.807) is 12.4 Å². The number of hydrogen-bond donors (Lipinski definition) is 4. The number of ether oxygens (including phenoxy) is 1. The quantitative estimate of drug-likeness (QED) is 0.0985. The number of aromatic amines is 2. The summed E-state index contributed by atoms with van der Waals surface area (Å²) in [6, 6.07) is 46.3. The van der Waals surface area contributed by atoms with Crippen molar-refractivity contribution in [1.29, 1.82) is 0 Å². The van der Waals surface area contributed by atoms with E-state index in [2.05, 4.69) is 154 Å². The number of fused-ring (bicyclic) bond motifs is 2. The summed E-state index contributed by atoms with van der Waals surface area (Å²) in [6.45, 7) is 14.1. The van der Waals surface area contributed by atoms with Gasteiger partial charge < -0.3 is 30.2 Å². The lowest BCUT2D eigenvalue weighted by molar-refractivity contribution is -0.139. The molecule has 4 aliphatic rings. The normalized spacial score (nSPS) is 17.5. The molecule has 0 spiro atoms. The molecule has 0 saturated carbocycles. The number of nitrogens with one attached hydrogen (secondary N) is 3. The number of carbonyl (C=O) groups excluding carboxylic acids is 3. The van der Waals surface area contributed by atoms with E-state index in [0.29, 0.717) is 35.3 Å². The van der Waals surface area contributed by atoms with Gasteiger partial charge in [-0.2, -0.15) is 0 Å². The Hall–Kier alpha value is -7.81. The van der Waals surface area contributed by atoms with Gasteiger partial charge in [-0.25, -0.2) is 14.8 Å². The topological polar surface area (TPSA) is 169 Å². The molecule has 14 nitrogen and oxygen atoms in total. The molecule has 0 unspecified atom stereocenters. The Bertz CT molecular complexity index is 3410. The molecule has 4 aromatic carbocycles. The number of H-pyrrole nitrogens is 2. The number of likely N-dealkylation sites (tertiary alicyclic amines) is 4. The zero-order chi connectivity index (χ0) is 55.9. The number of amides is 3. The van der Waals surface area contributed by atoms with E-state index in [1.807, 2.05) is 45.0 Å². The van der Waals surface area contributed by atoms with E-state index < -0.39 is 11.7 Å². The van der Waals surface area contributed by atoms with Crippen LogP contribution >= 0.6 is 0 Å². The fourth-order valence-electron chi connectivity index (χ4n) is 13.0. The lowest BCUT2D eigenvalue weighted by Gasteiger charge is -2.37. The van der Waals surface area contributed by atoms with Crippen LogP contribution in [0.4, 0.5) is 16.4 Å². The first-order chi connectivity index (χ1) is 39.4. The molecule has 0 bridgehead atoms. The molecular formula is C67H78N10O4. The third kappa shape index (κ3) is 13.4. The van der Waals surface area contributed by atoms with Crippen molar-refractivity contribution in [2.45, 2.75) is 103 Å². The van der Waals surface area contributed by atoms with Crippen molar-refractivity contribution in [2.24, 2.45) is 11.8 Å². The monoisotopic (exact) mass is 1090 g/mol. The van der Waals surface area contributed by atoms with E-state index in [1.165, 1.54) is 61.0 Å². The minimum Gasteiger partial charge on any atom is -0.444 e. The summed E-state index contributed by atoms with van der Waals surface area (Å²) in [5.41, 5.74) is 17.6. The van der Waals surface area contributed by atoms with Gasteiger partial charge >= 0.3 is 6.09 Å². The van der Waals surface area contributed by atoms with Gasteiger partial charge in [-0.15, -0.1) is 0 Å². The van der Waals surface area contributed by atoms with Crippen LogP contribution < -0.4 is 11.1 Å². The zero-order valence-corrected chi connectivity index (χ0v) is 47.3. The Morgan fingerprint density at radius 3 is 1.41 bits per heavy atom. The second kappa shape index (κ2) is 24.9. The zero-order valence-electron chi connectivity index (χ0n) is 47.3. The molecule has 4 fully saturated rings. The van der Waals surface area contributed by atoms with Crippen molar-refractivity contribution in [3.63, 3.8) is 0 Å². The Kier molecular flexibility index (Phi) is 16.9. The summed E-state index contributed by atoms with van der Waals surface area (Å²) in [5, 5.41) is 5.33. The number of piperidine rings is 4. The molecule has 14 heteroatoms. The number of para-hydroxylation sites is 2. The molecule has 3 amide bonds. The summed E-state index contributed by atoms with van der Waals surface area (Å²) in [5.74, 6) is 2.81. The molecule has 0 radical (unpaired) electrons. The number of nitrogens with two attached hydrogens (primary N) is 1. The highest BCUT2D eigenvalue weighted by Crippen LogP contribution is 2.42. The largest absolute Gasteiger partial charge is 0.444 e. The van der Waals surface area contributed by atoms with E-state index in [0.717, 1.165) is 122 Å². The summed E-state index contributed by atoms with van der Waals surface area (Å²) >= 11 is 0. The van der Waals surface area contributed by atoms with E-state index in [4.69, 9.17) is 10.5 Å². The number of aromatic nitrogens is 4. The van der Waals surface area contributed by atoms with Crippen molar-refractivity contribution in [3.8, 4) is 22.5 Å². The summed E-state index contributed by atoms with van der Waals surface area (Å²) < 4.78 is 5.34. The Balaban J connectivity index is 0.000000173. The van der Waals surface area contributed by atoms with Gasteiger partial charge in [0.15, 0.2) is 0 Å². The van der Waals surface area contributed by atoms with Crippen LogP contribution in [-0.2, 0) is 27.4 Å². The number of benzene rings is 4. The van der Waals surface area contributed by atoms with Gasteiger partial charge in [-0.05, 0) is 180 Å². The number of nitrogen functional groups attached to an aromatic ring is 1. The summed E-state index contributed by atoms with van der Waals surface area (Å²) in [7, 11) is 0. The third-order valence-electron chi connectivity index (χ3n) is 17.0. The van der Waals surface area contributed by atoms with Crippen LogP contribution in [0, 0.1) is 11.8 Å². The predicted octanol–water partition coefficient (Wildman–Crippen LogP) is 12.6. The van der Waals surface area contributed by atoms with Crippen molar-refractivity contribution in [1.82, 2.24) is 39.5 Å². The van der Waals surface area contributed by atoms with Crippen LogP contribution in [0.1, 0.15) is 106 Å². The Morgan fingerprint density at radius 1 is 0.543 bits per heavy atom. The molecule has 0 aliphatic carbocycles. The van der Waals surface area contributed by atoms with E-state index in [-0.39, 0.29) is 11.8 Å². The minimum atomic E-state index is -0.567. The number of hydrogen-bond acceptors (Lipinski definition) is 9. The summed E-state index contributed by atoms with van der Waals surface area (Å²) in [6.07, 6.45) is 10.5. The highest BCUT2D eigenvalue weighted by atomic mass is 16.6. The fourth-order valence-corrected chi connectivity index (χ4v) is 13.0. The molecule has 4 saturated heterocycles. The Labute approximate surface area is 476 Å². The molecule has 4 aliphatic heterocycles. The predicted molar refractivity (Wildman–Crippen MR) is 323 cm³/mol. The summed E-state index contributed by atoms with van der Waals surface area (Å²) in [4.78, 5) is 64.0. The van der Waals surface area contributed by atoms with E-state index >= 15 is 0 Å². The molecule has 4 aromatic heterocycles. The molecular weight excluding hydrogens is 1010 g/mol. The van der Waals surface area contributed by atoms with E-state index in [9.17, 15) is 14.4 Å². The minimum absolute atomic E-state index is 0.0811. The lowest BCUT2D eigenvalue weighted by atomic mass is 9.85. The second-order valence-electron chi connectivity index (χ2n) is 23.7. The molecule has 0 atom stereocenters. The van der Waals surface area contributed by atoms with Crippen LogP contribution in [0.2, 0.25) is 0 Å². The van der Waals surface area contributed by atoms with Crippen LogP contribution in [0.5, 0.6) is 0 Å². The van der Waals surface area contributed by atoms with Crippen LogP contribution in [-0.4, -0.2) is 115 Å². The van der Waals surface area contributed by atoms with Gasteiger partial charge in [0.2, 0.25) is 11.8 Å². The third-order valence-corrected chi connectivity index (χ3v) is 17.0. The maximum absolute atomic E-state index is 13.6. The fraction of sp³-hybridized carbons (Fsp3) is 0.388. The van der Waals surface area contributed by atoms with Gasteiger partial charge in [0.25, 0.3) is 0 Å². The van der Waals surface area contributed by atoms with Crippen LogP contribution in [0.15, 0.2) is 146 Å². The van der Waals surface area contributed by atoms with Crippen molar-refractivity contribution >= 4 is 51.3 Å². The highest BCUT2D eigenvalue weighted by Gasteiger charge is 2.35. The van der Waals surface area contributed by atoms with Crippen molar-refractivity contribution in [3.05, 3.63) is 168 Å². The first-order valence-corrected chi connectivity index (χ1v) is 29.4. The molecule has 420 valence electrons. The maximum atomic E-state index is 13.6. The van der Waals surface area contributed by atoms with Gasteiger partial charge in [0, 0.05) is 96.7 Å². The van der Waals surface area contributed by atoms with Crippen LogP contribution in [0.3, 0.4) is 0 Å². The average molecular weight is 1090 g/mol. The van der Waals surface area contributed by atoms with Crippen molar-refractivity contribution in [2.75, 3.05) is 63.4 Å². The molecule has 8 heterocycles. The van der Waals surface area contributed by atoms with Crippen LogP contribution in [0.25, 0.3) is 44.3 Å². The molecule has 8 aromatic rings. The SMILES string of the molecule is CC(C)(C)OC(=O)Nc1cc(CN2CCC(C(=O)N3CCC(c4c(-c5ccccc5)[nH]c5ccccc45)CC3)CC2)ccn1.Nc1cc(CN2CCC(C(=O)N3CCC(c4c(-c5ccccc5)[nH]c5ccccc45)CC3)CC2)ccn1. The standard InChI is InChI=1S/C36H43N5O3.C31H35N5O/c1-36(2,3)44-35(43)39-31-23-25(13-18-37-31)24-40-19-14-28(15-20-40)34(42)41-21-16-26(17-22-41)32-29-11-7-8-12-30(29)38-33(32)27-9-5-4-6-10-27;32-28-20-22(10-15-33-28)21-35-16-11-25(12-17-35)31(37)36-18-13-23(14-19-36)29-26-8-4-5-9-27(26)34-30(29)24-6-2-1-3-7-24/h4-13,18,23,26,28,38H,14-17,19-22,24H2,1-3H3,(H,37,39,43);1-10,15,20,23,25,34H,11-14,16-19,21H2,(H2,32,33). The van der Waals surface area contributed by atoms with Gasteiger partial charge in [-0.3, -0.25) is 24.7 Å². The average Bonchev–Trinajstić information content (AvgIpc) is 4.28. The Morgan fingerprint density at radius 2 is 0.963 bits per heavy atom. The highest BCUT2D eigenvalue weighted by molar-refractivity contribution is 5.93. The smallest absolute Gasteiger partial charge is 0.413 e. The lowest BCUT2D eigenvalue weighted by Crippen LogP contribution is -2.45. The molecule has 12 rings (SSSR count). The number of carbonyl (C=O) groups is 3. The number of nitrogens with zero attached hydrogens (tertiary/aromatic N) is 6. The second-order valence-corrected chi connectivity index (χ2v) is 23.7. The van der Waals surface area contributed by atoms with Crippen molar-refractivity contribution < 1.29 is 19.1 Å². The van der Waals surface area contributed by atoms with Gasteiger partial charge in [0.1, 0.15) is 17.2 Å². The molecule has 81 heavy (non-hydrogen) atoms. The number of pyridine rings is 2. The number of rotatable bonds is 11. The number of anilines is 2. The van der Waals surface area contributed by atoms with Gasteiger partial charge in [-0.1, -0.05) is 97.1 Å². The van der Waals surface area contributed by atoms with Gasteiger partial charge in [0.05, 0.1) is 0 Å². The maximum Gasteiger partial charge on any atom is 0.413 e. The first-order valence-electron chi connectivity index (χ1n) is 29.4. The molecule has 5 N–H and O–H groups in total. The first kappa shape index (κ1) is 55.1.